The van der Waals surface area contributed by atoms with Crippen LogP contribution in [-0.2, 0) is 4.79 Å². The van der Waals surface area contributed by atoms with E-state index in [9.17, 15) is 4.79 Å². The van der Waals surface area contributed by atoms with E-state index in [-0.39, 0.29) is 0 Å². The molecule has 0 aliphatic rings. The van der Waals surface area contributed by atoms with Crippen molar-refractivity contribution < 1.29 is 4.79 Å². The molecule has 0 aliphatic carbocycles. The van der Waals surface area contributed by atoms with Crippen LogP contribution >= 0.6 is 0 Å². The lowest BCUT2D eigenvalue weighted by Crippen LogP contribution is -1.79. The van der Waals surface area contributed by atoms with E-state index in [1.54, 1.807) is 6.08 Å². The zero-order valence-corrected chi connectivity index (χ0v) is 11.8. The monoisotopic (exact) mass is 248 g/mol. The average Bonchev–Trinajstić information content (AvgIpc) is 2.39. The molecule has 0 atom stereocenters. The number of aldehydes is 1. The molecule has 0 spiro atoms. The summed E-state index contributed by atoms with van der Waals surface area (Å²) in [6.45, 7) is 2.26. The molecule has 0 radical (unpaired) electrons. The summed E-state index contributed by atoms with van der Waals surface area (Å²) in [5, 5.41) is 0. The molecule has 0 aliphatic heterocycles. The van der Waals surface area contributed by atoms with Crippen molar-refractivity contribution in [2.45, 2.75) is 64.7 Å². The van der Waals surface area contributed by atoms with E-state index in [1.165, 1.54) is 57.4 Å². The average molecular weight is 248 g/mol. The Kier molecular flexibility index (Phi) is 14.9. The van der Waals surface area contributed by atoms with Gasteiger partial charge in [0.25, 0.3) is 0 Å². The first-order valence-corrected chi connectivity index (χ1v) is 7.35. The van der Waals surface area contributed by atoms with Crippen molar-refractivity contribution in [1.82, 2.24) is 0 Å². The Morgan fingerprint density at radius 2 is 1.22 bits per heavy atom. The van der Waals surface area contributed by atoms with Crippen LogP contribution in [0, 0.1) is 0 Å². The molecule has 18 heavy (non-hydrogen) atoms. The van der Waals surface area contributed by atoms with Crippen LogP contribution in [0.1, 0.15) is 64.7 Å². The highest BCUT2D eigenvalue weighted by atomic mass is 16.1. The molecule has 0 aromatic rings. The molecule has 0 unspecified atom stereocenters. The Labute approximate surface area is 113 Å². The van der Waals surface area contributed by atoms with Crippen molar-refractivity contribution >= 4 is 6.29 Å². The smallest absolute Gasteiger partial charge is 0.142 e. The fraction of sp³-hybridized carbons (Fsp3) is 0.588. The third-order valence-corrected chi connectivity index (χ3v) is 2.88. The van der Waals surface area contributed by atoms with Gasteiger partial charge in [0.05, 0.1) is 0 Å². The van der Waals surface area contributed by atoms with Gasteiger partial charge in [-0.05, 0) is 18.9 Å². The minimum absolute atomic E-state index is 0.786. The molecule has 1 heteroatoms. The quantitative estimate of drug-likeness (QED) is 0.196. The van der Waals surface area contributed by atoms with Crippen LogP contribution < -0.4 is 0 Å². The highest BCUT2D eigenvalue weighted by molar-refractivity contribution is 5.65. The lowest BCUT2D eigenvalue weighted by Gasteiger charge is -1.99. The summed E-state index contributed by atoms with van der Waals surface area (Å²) in [5.74, 6) is 0. The summed E-state index contributed by atoms with van der Waals surface area (Å²) in [6, 6.07) is 0. The summed E-state index contributed by atoms with van der Waals surface area (Å²) in [6.07, 6.45) is 24.3. The maximum Gasteiger partial charge on any atom is 0.142 e. The number of hydrogen-bond acceptors (Lipinski definition) is 1. The number of carbonyl (C=O) groups excluding carboxylic acids is 1. The molecule has 0 N–H and O–H groups in total. The van der Waals surface area contributed by atoms with Gasteiger partial charge in [-0.25, -0.2) is 0 Å². The van der Waals surface area contributed by atoms with Gasteiger partial charge < -0.3 is 0 Å². The molecule has 0 saturated heterocycles. The van der Waals surface area contributed by atoms with Gasteiger partial charge in [0.2, 0.25) is 0 Å². The maximum absolute atomic E-state index is 9.98. The first-order valence-electron chi connectivity index (χ1n) is 7.35. The fourth-order valence-electron chi connectivity index (χ4n) is 1.81. The van der Waals surface area contributed by atoms with E-state index in [2.05, 4.69) is 19.1 Å². The van der Waals surface area contributed by atoms with Gasteiger partial charge >= 0.3 is 0 Å². The van der Waals surface area contributed by atoms with E-state index in [4.69, 9.17) is 0 Å². The minimum Gasteiger partial charge on any atom is -0.299 e. The predicted molar refractivity (Wildman–Crippen MR) is 80.7 cm³/mol. The fourth-order valence-corrected chi connectivity index (χ4v) is 1.81. The second kappa shape index (κ2) is 15.9. The SMILES string of the molecule is CCCCCCCCCCC=C/C=C/C=C\C=O. The van der Waals surface area contributed by atoms with Crippen molar-refractivity contribution in [2.75, 3.05) is 0 Å². The lowest BCUT2D eigenvalue weighted by molar-refractivity contribution is -0.104. The summed E-state index contributed by atoms with van der Waals surface area (Å²) < 4.78 is 0. The normalized spacial score (nSPS) is 12.1. The molecular formula is C17H28O. The molecule has 0 aromatic heterocycles. The van der Waals surface area contributed by atoms with Crippen molar-refractivity contribution in [3.05, 3.63) is 36.5 Å². The summed E-state index contributed by atoms with van der Waals surface area (Å²) in [7, 11) is 0. The number of rotatable bonds is 12. The second-order valence-corrected chi connectivity index (χ2v) is 4.60. The van der Waals surface area contributed by atoms with Gasteiger partial charge in [-0.2, -0.15) is 0 Å². The van der Waals surface area contributed by atoms with Gasteiger partial charge in [-0.1, -0.05) is 82.2 Å². The van der Waals surface area contributed by atoms with Gasteiger partial charge in [0.1, 0.15) is 6.29 Å². The molecule has 0 heterocycles. The van der Waals surface area contributed by atoms with Crippen LogP contribution in [0.25, 0.3) is 0 Å². The van der Waals surface area contributed by atoms with Gasteiger partial charge in [-0.15, -0.1) is 0 Å². The Morgan fingerprint density at radius 1 is 0.667 bits per heavy atom. The molecule has 0 bridgehead atoms. The summed E-state index contributed by atoms with van der Waals surface area (Å²) >= 11 is 0. The largest absolute Gasteiger partial charge is 0.299 e. The molecule has 0 amide bonds. The zero-order chi connectivity index (χ0) is 13.3. The van der Waals surface area contributed by atoms with Crippen LogP contribution in [-0.4, -0.2) is 6.29 Å². The topological polar surface area (TPSA) is 17.1 Å². The van der Waals surface area contributed by atoms with E-state index in [0.29, 0.717) is 0 Å². The van der Waals surface area contributed by atoms with Crippen LogP contribution in [0.2, 0.25) is 0 Å². The minimum atomic E-state index is 0.786. The Hall–Kier alpha value is -1.11. The van der Waals surface area contributed by atoms with E-state index in [1.807, 2.05) is 12.2 Å². The molecule has 0 aromatic carbocycles. The zero-order valence-electron chi connectivity index (χ0n) is 11.8. The van der Waals surface area contributed by atoms with Crippen molar-refractivity contribution in [3.63, 3.8) is 0 Å². The number of carbonyl (C=O) groups is 1. The molecule has 0 rings (SSSR count). The number of hydrogen-bond donors (Lipinski definition) is 0. The molecular weight excluding hydrogens is 220 g/mol. The van der Waals surface area contributed by atoms with Gasteiger partial charge in [0, 0.05) is 0 Å². The summed E-state index contributed by atoms with van der Waals surface area (Å²) in [5.41, 5.74) is 0. The molecule has 0 saturated carbocycles. The van der Waals surface area contributed by atoms with Gasteiger partial charge in [-0.3, -0.25) is 4.79 Å². The standard InChI is InChI=1S/C17H28O/c1-2-3-4-5-6-7-8-9-10-11-12-13-14-15-16-17-18/h11-17H,2-10H2,1H3/b12-11?,14-13+,16-15-. The molecule has 0 fully saturated rings. The third-order valence-electron chi connectivity index (χ3n) is 2.88. The van der Waals surface area contributed by atoms with Crippen molar-refractivity contribution in [3.8, 4) is 0 Å². The van der Waals surface area contributed by atoms with Crippen molar-refractivity contribution in [1.29, 1.82) is 0 Å². The van der Waals surface area contributed by atoms with Crippen LogP contribution in [0.5, 0.6) is 0 Å². The van der Waals surface area contributed by atoms with Crippen LogP contribution in [0.15, 0.2) is 36.5 Å². The highest BCUT2D eigenvalue weighted by Gasteiger charge is 1.89. The Balaban J connectivity index is 3.19. The maximum atomic E-state index is 9.98. The Morgan fingerprint density at radius 3 is 1.89 bits per heavy atom. The van der Waals surface area contributed by atoms with Crippen LogP contribution in [0.3, 0.4) is 0 Å². The van der Waals surface area contributed by atoms with Crippen molar-refractivity contribution in [2.24, 2.45) is 0 Å². The highest BCUT2D eigenvalue weighted by Crippen LogP contribution is 2.09. The third kappa shape index (κ3) is 14.9. The van der Waals surface area contributed by atoms with E-state index < -0.39 is 0 Å². The first kappa shape index (κ1) is 16.9. The van der Waals surface area contributed by atoms with Gasteiger partial charge in [0.15, 0.2) is 0 Å². The molecule has 102 valence electrons. The van der Waals surface area contributed by atoms with Crippen LogP contribution in [0.4, 0.5) is 0 Å². The Bertz CT molecular complexity index is 248. The predicted octanol–water partition coefficient (Wildman–Crippen LogP) is 5.38. The van der Waals surface area contributed by atoms with E-state index in [0.717, 1.165) is 12.7 Å². The molecule has 1 nitrogen and oxygen atoms in total. The second-order valence-electron chi connectivity index (χ2n) is 4.60. The van der Waals surface area contributed by atoms with E-state index >= 15 is 0 Å². The first-order chi connectivity index (χ1) is 8.91. The lowest BCUT2D eigenvalue weighted by atomic mass is 10.1. The number of allylic oxidation sites excluding steroid dienone is 6. The summed E-state index contributed by atoms with van der Waals surface area (Å²) in [4.78, 5) is 9.98. The number of unbranched alkanes of at least 4 members (excludes halogenated alkanes) is 8.